The maximum absolute atomic E-state index is 13.6. The van der Waals surface area contributed by atoms with Crippen LogP contribution in [0.15, 0.2) is 29.3 Å². The maximum atomic E-state index is 13.6. The number of benzene rings is 1. The normalized spacial score (nSPS) is 17.9. The number of nitrogens with zero attached hydrogens (tertiary/aromatic N) is 2. The van der Waals surface area contributed by atoms with Crippen LogP contribution in [0.25, 0.3) is 0 Å². The molecule has 1 aromatic carbocycles. The van der Waals surface area contributed by atoms with Crippen molar-refractivity contribution in [1.82, 2.24) is 10.2 Å². The second-order valence-electron chi connectivity index (χ2n) is 8.69. The van der Waals surface area contributed by atoms with Crippen LogP contribution in [0.3, 0.4) is 0 Å². The third-order valence-corrected chi connectivity index (χ3v) is 6.63. The highest BCUT2D eigenvalue weighted by Gasteiger charge is 2.50. The van der Waals surface area contributed by atoms with Crippen LogP contribution in [-0.2, 0) is 27.1 Å². The molecule has 32 heavy (non-hydrogen) atoms. The monoisotopic (exact) mass is 442 g/mol. The molecule has 0 bridgehead atoms. The van der Waals surface area contributed by atoms with Crippen molar-refractivity contribution in [3.8, 4) is 0 Å². The largest absolute Gasteiger partial charge is 0.486 e. The van der Waals surface area contributed by atoms with Crippen LogP contribution < -0.4 is 16.8 Å². The Kier molecular flexibility index (Phi) is 8.14. The quantitative estimate of drug-likeness (QED) is 0.102. The SMILES string of the molecule is CN(C(=O)C1(C(=O)N[C@@H](CCCN=C(N)N)O[B]O)CCCC1)C1Cc2ccccc2C1. The van der Waals surface area contributed by atoms with Crippen molar-refractivity contribution >= 4 is 25.5 Å². The Morgan fingerprint density at radius 1 is 1.28 bits per heavy atom. The van der Waals surface area contributed by atoms with Gasteiger partial charge in [-0.25, -0.2) is 0 Å². The molecule has 1 radical (unpaired) electrons. The summed E-state index contributed by atoms with van der Waals surface area (Å²) < 4.78 is 5.17. The number of hydrogen-bond acceptors (Lipinski definition) is 5. The van der Waals surface area contributed by atoms with Crippen LogP contribution in [0.5, 0.6) is 0 Å². The summed E-state index contributed by atoms with van der Waals surface area (Å²) in [5.74, 6) is -0.499. The molecule has 1 atom stereocenters. The van der Waals surface area contributed by atoms with Crippen LogP contribution in [0.2, 0.25) is 0 Å². The van der Waals surface area contributed by atoms with Crippen LogP contribution in [0.4, 0.5) is 0 Å². The van der Waals surface area contributed by atoms with E-state index in [4.69, 9.17) is 21.1 Å². The minimum Gasteiger partial charge on any atom is -0.429 e. The van der Waals surface area contributed by atoms with Crippen LogP contribution in [0, 0.1) is 5.41 Å². The van der Waals surface area contributed by atoms with E-state index in [2.05, 4.69) is 22.4 Å². The Bertz CT molecular complexity index is 814. The molecule has 10 heteroatoms. The predicted molar refractivity (Wildman–Crippen MR) is 122 cm³/mol. The maximum Gasteiger partial charge on any atom is 0.486 e. The van der Waals surface area contributed by atoms with Gasteiger partial charge in [0.05, 0.1) is 0 Å². The number of fused-ring (bicyclic) bond motifs is 1. The first-order chi connectivity index (χ1) is 15.4. The number of hydrogen-bond donors (Lipinski definition) is 4. The Labute approximate surface area is 189 Å². The minimum atomic E-state index is -1.11. The van der Waals surface area contributed by atoms with Crippen LogP contribution in [0.1, 0.15) is 49.7 Å². The van der Waals surface area contributed by atoms with Gasteiger partial charge in [-0.05, 0) is 49.7 Å². The van der Waals surface area contributed by atoms with Gasteiger partial charge in [0.2, 0.25) is 11.8 Å². The fourth-order valence-electron chi connectivity index (χ4n) is 4.85. The molecule has 2 amide bonds. The second-order valence-corrected chi connectivity index (χ2v) is 8.69. The number of rotatable bonds is 10. The molecular formula is C22H33BN5O4. The number of guanidine groups is 1. The number of amides is 2. The van der Waals surface area contributed by atoms with E-state index < -0.39 is 11.6 Å². The number of carbonyl (C=O) groups is 2. The molecule has 0 unspecified atom stereocenters. The van der Waals surface area contributed by atoms with Crippen molar-refractivity contribution in [2.45, 2.75) is 63.6 Å². The zero-order valence-electron chi connectivity index (χ0n) is 18.6. The Hall–Kier alpha value is -2.59. The molecule has 6 N–H and O–H groups in total. The summed E-state index contributed by atoms with van der Waals surface area (Å²) in [7, 11) is 2.35. The molecule has 2 aliphatic rings. The van der Waals surface area contributed by atoms with Gasteiger partial charge in [0, 0.05) is 19.6 Å². The molecule has 1 aromatic rings. The first-order valence-corrected chi connectivity index (χ1v) is 11.2. The molecule has 2 aliphatic carbocycles. The van der Waals surface area contributed by atoms with Gasteiger partial charge < -0.3 is 31.4 Å². The zero-order chi connectivity index (χ0) is 23.1. The Balaban J connectivity index is 1.67. The minimum absolute atomic E-state index is 0.00664. The van der Waals surface area contributed by atoms with Crippen molar-refractivity contribution in [1.29, 1.82) is 0 Å². The predicted octanol–water partition coefficient (Wildman–Crippen LogP) is 0.212. The van der Waals surface area contributed by atoms with Gasteiger partial charge in [-0.2, -0.15) is 0 Å². The summed E-state index contributed by atoms with van der Waals surface area (Å²) in [5.41, 5.74) is 12.1. The van der Waals surface area contributed by atoms with Gasteiger partial charge in [0.1, 0.15) is 11.6 Å². The van der Waals surface area contributed by atoms with Crippen molar-refractivity contribution in [2.75, 3.05) is 13.6 Å². The topological polar surface area (TPSA) is 143 Å². The van der Waals surface area contributed by atoms with E-state index >= 15 is 0 Å². The van der Waals surface area contributed by atoms with Crippen molar-refractivity contribution in [3.05, 3.63) is 35.4 Å². The van der Waals surface area contributed by atoms with E-state index in [-0.39, 0.29) is 23.8 Å². The zero-order valence-corrected chi connectivity index (χ0v) is 18.6. The first kappa shape index (κ1) is 24.1. The summed E-state index contributed by atoms with van der Waals surface area (Å²) >= 11 is 0. The third-order valence-electron chi connectivity index (χ3n) is 6.63. The van der Waals surface area contributed by atoms with Crippen molar-refractivity contribution in [3.63, 3.8) is 0 Å². The van der Waals surface area contributed by atoms with Crippen LogP contribution >= 0.6 is 0 Å². The van der Waals surface area contributed by atoms with E-state index in [0.717, 1.165) is 25.7 Å². The van der Waals surface area contributed by atoms with Gasteiger partial charge in [-0.15, -0.1) is 0 Å². The van der Waals surface area contributed by atoms with E-state index in [1.165, 1.54) is 11.1 Å². The van der Waals surface area contributed by atoms with E-state index in [1.807, 2.05) is 12.1 Å². The highest BCUT2D eigenvalue weighted by atomic mass is 16.5. The van der Waals surface area contributed by atoms with Crippen LogP contribution in [-0.4, -0.2) is 61.2 Å². The standard InChI is InChI=1S/C22H33BN5O4/c1-28(17-13-15-7-2-3-8-16(15)14-17)20(30)22(10-4-5-11-22)19(29)27-18(32-23-31)9-6-12-26-21(24)25/h2-3,7-8,17-18,31H,4-6,9-14H2,1H3,(H,27,29)(H4,24,25,26)/t18-/m1/s1. The lowest BCUT2D eigenvalue weighted by Crippen LogP contribution is -2.55. The number of nitrogens with one attached hydrogen (secondary N) is 1. The lowest BCUT2D eigenvalue weighted by atomic mass is 9.82. The molecule has 0 saturated heterocycles. The van der Waals surface area contributed by atoms with Gasteiger partial charge in [0.15, 0.2) is 5.96 Å². The van der Waals surface area contributed by atoms with E-state index in [1.54, 1.807) is 11.9 Å². The summed E-state index contributed by atoms with van der Waals surface area (Å²) in [6, 6.07) is 8.27. The lowest BCUT2D eigenvalue weighted by molar-refractivity contribution is -0.152. The smallest absolute Gasteiger partial charge is 0.429 e. The molecule has 0 aliphatic heterocycles. The van der Waals surface area contributed by atoms with Gasteiger partial charge in [-0.3, -0.25) is 14.6 Å². The lowest BCUT2D eigenvalue weighted by Gasteiger charge is -2.35. The molecule has 9 nitrogen and oxygen atoms in total. The molecular weight excluding hydrogens is 409 g/mol. The first-order valence-electron chi connectivity index (χ1n) is 11.2. The molecule has 1 fully saturated rings. The summed E-state index contributed by atoms with van der Waals surface area (Å²) in [4.78, 5) is 32.7. The Morgan fingerprint density at radius 3 is 2.47 bits per heavy atom. The van der Waals surface area contributed by atoms with Gasteiger partial charge in [0.25, 0.3) is 0 Å². The van der Waals surface area contributed by atoms with Crippen molar-refractivity contribution < 1.29 is 19.3 Å². The fraction of sp³-hybridized carbons (Fsp3) is 0.591. The Morgan fingerprint density at radius 2 is 1.91 bits per heavy atom. The fourth-order valence-corrected chi connectivity index (χ4v) is 4.85. The highest BCUT2D eigenvalue weighted by molar-refractivity contribution is 6.16. The molecule has 0 heterocycles. The molecule has 0 aromatic heterocycles. The van der Waals surface area contributed by atoms with Gasteiger partial charge in [-0.1, -0.05) is 37.1 Å². The number of nitrogens with two attached hydrogens (primary N) is 2. The molecule has 0 spiro atoms. The molecule has 1 saturated carbocycles. The van der Waals surface area contributed by atoms with Crippen molar-refractivity contribution in [2.24, 2.45) is 21.9 Å². The summed E-state index contributed by atoms with van der Waals surface area (Å²) in [5, 5.41) is 11.9. The average molecular weight is 442 g/mol. The van der Waals surface area contributed by atoms with E-state index in [9.17, 15) is 9.59 Å². The average Bonchev–Trinajstić information content (AvgIpc) is 3.43. The van der Waals surface area contributed by atoms with Gasteiger partial charge >= 0.3 is 7.69 Å². The number of likely N-dealkylation sites (N-methyl/N-ethyl adjacent to an activating group) is 1. The molecule has 173 valence electrons. The number of carbonyl (C=O) groups excluding carboxylic acids is 2. The number of aliphatic imine (C=N–C) groups is 1. The molecule has 3 rings (SSSR count). The third kappa shape index (κ3) is 5.42. The summed E-state index contributed by atoms with van der Waals surface area (Å²) in [6.45, 7) is 0.374. The second kappa shape index (κ2) is 10.8. The van der Waals surface area contributed by atoms with E-state index in [0.29, 0.717) is 39.9 Å². The highest BCUT2D eigenvalue weighted by Crippen LogP contribution is 2.41. The summed E-state index contributed by atoms with van der Waals surface area (Å²) in [6.07, 6.45) is 4.40.